The molecule has 1 rings (SSSR count). The van der Waals surface area contributed by atoms with Gasteiger partial charge in [0.1, 0.15) is 0 Å². The highest BCUT2D eigenvalue weighted by molar-refractivity contribution is 7.09. The molecular weight excluding hydrogens is 202 g/mol. The maximum absolute atomic E-state index is 3.58. The van der Waals surface area contributed by atoms with Crippen LogP contribution in [-0.2, 0) is 6.42 Å². The monoisotopic (exact) mass is 225 g/mol. The van der Waals surface area contributed by atoms with Gasteiger partial charge in [-0.2, -0.15) is 0 Å². The van der Waals surface area contributed by atoms with Crippen LogP contribution < -0.4 is 5.32 Å². The van der Waals surface area contributed by atoms with Crippen molar-refractivity contribution in [2.24, 2.45) is 5.41 Å². The highest BCUT2D eigenvalue weighted by Gasteiger charge is 2.21. The maximum atomic E-state index is 3.58. The first kappa shape index (κ1) is 12.7. The quantitative estimate of drug-likeness (QED) is 0.824. The number of hydrogen-bond donors (Lipinski definition) is 1. The fraction of sp³-hybridized carbons (Fsp3) is 0.692. The van der Waals surface area contributed by atoms with E-state index in [0.29, 0.717) is 5.41 Å². The molecular formula is C13H23NS. The highest BCUT2D eigenvalue weighted by Crippen LogP contribution is 2.24. The molecule has 0 amide bonds. The molecule has 0 aliphatic carbocycles. The molecule has 1 aromatic rings. The molecule has 2 heteroatoms. The minimum absolute atomic E-state index is 0.215. The predicted octanol–water partition coefficient (Wildman–Crippen LogP) is 3.70. The van der Waals surface area contributed by atoms with Gasteiger partial charge in [-0.15, -0.1) is 11.3 Å². The summed E-state index contributed by atoms with van der Waals surface area (Å²) in [5.74, 6) is 0. The van der Waals surface area contributed by atoms with E-state index in [1.54, 1.807) is 0 Å². The molecule has 0 spiro atoms. The van der Waals surface area contributed by atoms with Gasteiger partial charge in [0, 0.05) is 17.0 Å². The van der Waals surface area contributed by atoms with Gasteiger partial charge in [-0.25, -0.2) is 0 Å². The summed E-state index contributed by atoms with van der Waals surface area (Å²) in [4.78, 5) is 1.48. The van der Waals surface area contributed by atoms with Crippen molar-refractivity contribution < 1.29 is 0 Å². The summed E-state index contributed by atoms with van der Waals surface area (Å²) in [5, 5.41) is 5.73. The van der Waals surface area contributed by atoms with E-state index in [1.165, 1.54) is 4.88 Å². The number of thiophene rings is 1. The zero-order valence-corrected chi connectivity index (χ0v) is 11.4. The van der Waals surface area contributed by atoms with Crippen LogP contribution in [0.4, 0.5) is 0 Å². The van der Waals surface area contributed by atoms with Crippen LogP contribution in [0.3, 0.4) is 0 Å². The van der Waals surface area contributed by atoms with E-state index in [0.717, 1.165) is 13.0 Å². The fourth-order valence-corrected chi connectivity index (χ4v) is 2.41. The molecule has 0 fully saturated rings. The van der Waals surface area contributed by atoms with E-state index in [4.69, 9.17) is 0 Å². The lowest BCUT2D eigenvalue weighted by atomic mass is 9.87. The van der Waals surface area contributed by atoms with Crippen LogP contribution in [0.25, 0.3) is 0 Å². The standard InChI is InChI=1S/C13H23NS/c1-12(2,3)14-10-13(4,5)9-11-7-6-8-15-11/h6-8,14H,9-10H2,1-5H3. The molecule has 0 bridgehead atoms. The Labute approximate surface area is 97.9 Å². The first-order valence-corrected chi connectivity index (χ1v) is 6.44. The Kier molecular flexibility index (Phi) is 3.96. The minimum Gasteiger partial charge on any atom is -0.312 e. The van der Waals surface area contributed by atoms with Crippen molar-refractivity contribution in [1.29, 1.82) is 0 Å². The molecule has 86 valence electrons. The zero-order chi connectivity index (χ0) is 11.5. The van der Waals surface area contributed by atoms with Crippen LogP contribution in [0, 0.1) is 5.41 Å². The smallest absolute Gasteiger partial charge is 0.00967 e. The summed E-state index contributed by atoms with van der Waals surface area (Å²) in [5.41, 5.74) is 0.546. The van der Waals surface area contributed by atoms with Crippen LogP contribution in [0.1, 0.15) is 39.5 Å². The topological polar surface area (TPSA) is 12.0 Å². The largest absolute Gasteiger partial charge is 0.312 e. The maximum Gasteiger partial charge on any atom is 0.00967 e. The average Bonchev–Trinajstić information content (AvgIpc) is 2.52. The molecule has 0 aromatic carbocycles. The lowest BCUT2D eigenvalue weighted by Gasteiger charge is -2.30. The average molecular weight is 225 g/mol. The van der Waals surface area contributed by atoms with Crippen molar-refractivity contribution in [3.05, 3.63) is 22.4 Å². The van der Waals surface area contributed by atoms with Crippen molar-refractivity contribution >= 4 is 11.3 Å². The second kappa shape index (κ2) is 4.67. The lowest BCUT2D eigenvalue weighted by molar-refractivity contribution is 0.290. The Morgan fingerprint density at radius 3 is 2.33 bits per heavy atom. The Morgan fingerprint density at radius 1 is 1.20 bits per heavy atom. The predicted molar refractivity (Wildman–Crippen MR) is 69.6 cm³/mol. The summed E-state index contributed by atoms with van der Waals surface area (Å²) >= 11 is 1.86. The van der Waals surface area contributed by atoms with Crippen molar-refractivity contribution in [3.8, 4) is 0 Å². The first-order valence-electron chi connectivity index (χ1n) is 5.56. The Morgan fingerprint density at radius 2 is 1.87 bits per heavy atom. The molecule has 0 atom stereocenters. The van der Waals surface area contributed by atoms with Gasteiger partial charge < -0.3 is 5.32 Å². The molecule has 0 saturated heterocycles. The number of nitrogens with one attached hydrogen (secondary N) is 1. The molecule has 1 N–H and O–H groups in total. The molecule has 1 heterocycles. The minimum atomic E-state index is 0.215. The van der Waals surface area contributed by atoms with Gasteiger partial charge in [0.25, 0.3) is 0 Å². The summed E-state index contributed by atoms with van der Waals surface area (Å²) in [6, 6.07) is 4.36. The van der Waals surface area contributed by atoms with Crippen LogP contribution >= 0.6 is 11.3 Å². The Balaban J connectivity index is 2.45. The van der Waals surface area contributed by atoms with Gasteiger partial charge in [0.05, 0.1) is 0 Å². The van der Waals surface area contributed by atoms with Crippen molar-refractivity contribution in [3.63, 3.8) is 0 Å². The van der Waals surface area contributed by atoms with Gasteiger partial charge in [-0.1, -0.05) is 19.9 Å². The van der Waals surface area contributed by atoms with Crippen molar-refractivity contribution in [2.75, 3.05) is 6.54 Å². The van der Waals surface area contributed by atoms with E-state index in [2.05, 4.69) is 57.4 Å². The van der Waals surface area contributed by atoms with Crippen LogP contribution in [0.5, 0.6) is 0 Å². The van der Waals surface area contributed by atoms with Gasteiger partial charge in [-0.3, -0.25) is 0 Å². The van der Waals surface area contributed by atoms with Gasteiger partial charge in [0.15, 0.2) is 0 Å². The Hall–Kier alpha value is -0.340. The van der Waals surface area contributed by atoms with Crippen LogP contribution in [-0.4, -0.2) is 12.1 Å². The third-order valence-electron chi connectivity index (χ3n) is 2.33. The van der Waals surface area contributed by atoms with E-state index in [1.807, 2.05) is 11.3 Å². The van der Waals surface area contributed by atoms with E-state index >= 15 is 0 Å². The first-order chi connectivity index (χ1) is 6.79. The van der Waals surface area contributed by atoms with Crippen molar-refractivity contribution in [2.45, 2.75) is 46.6 Å². The van der Waals surface area contributed by atoms with E-state index < -0.39 is 0 Å². The summed E-state index contributed by atoms with van der Waals surface area (Å²) in [6.07, 6.45) is 1.16. The molecule has 0 unspecified atom stereocenters. The molecule has 1 nitrogen and oxygen atoms in total. The SMILES string of the molecule is CC(C)(CNC(C)(C)C)Cc1cccs1. The summed E-state index contributed by atoms with van der Waals surface area (Å²) < 4.78 is 0. The van der Waals surface area contributed by atoms with E-state index in [-0.39, 0.29) is 5.54 Å². The molecule has 0 aliphatic rings. The van der Waals surface area contributed by atoms with Gasteiger partial charge >= 0.3 is 0 Å². The third kappa shape index (κ3) is 5.33. The molecule has 0 aliphatic heterocycles. The number of rotatable bonds is 4. The van der Waals surface area contributed by atoms with Crippen LogP contribution in [0.15, 0.2) is 17.5 Å². The molecule has 1 aromatic heterocycles. The third-order valence-corrected chi connectivity index (χ3v) is 3.21. The summed E-state index contributed by atoms with van der Waals surface area (Å²) in [7, 11) is 0. The molecule has 15 heavy (non-hydrogen) atoms. The number of hydrogen-bond acceptors (Lipinski definition) is 2. The molecule has 0 radical (unpaired) electrons. The van der Waals surface area contributed by atoms with Crippen LogP contribution in [0.2, 0.25) is 0 Å². The molecule has 0 saturated carbocycles. The van der Waals surface area contributed by atoms with Crippen molar-refractivity contribution in [1.82, 2.24) is 5.32 Å². The highest BCUT2D eigenvalue weighted by atomic mass is 32.1. The second-order valence-electron chi connectivity index (χ2n) is 6.02. The Bertz CT molecular complexity index is 280. The fourth-order valence-electron chi connectivity index (χ4n) is 1.45. The second-order valence-corrected chi connectivity index (χ2v) is 7.06. The van der Waals surface area contributed by atoms with Gasteiger partial charge in [-0.05, 0) is 44.1 Å². The van der Waals surface area contributed by atoms with Gasteiger partial charge in [0.2, 0.25) is 0 Å². The summed E-state index contributed by atoms with van der Waals surface area (Å²) in [6.45, 7) is 12.4. The normalized spacial score (nSPS) is 13.1. The lowest BCUT2D eigenvalue weighted by Crippen LogP contribution is -2.42. The zero-order valence-electron chi connectivity index (χ0n) is 10.6. The van der Waals surface area contributed by atoms with E-state index in [9.17, 15) is 0 Å².